The molecule has 0 unspecified atom stereocenters. The number of nitrogens with zero attached hydrogens (tertiary/aromatic N) is 2. The lowest BCUT2D eigenvalue weighted by Gasteiger charge is -2.21. The summed E-state index contributed by atoms with van der Waals surface area (Å²) in [7, 11) is 0. The van der Waals surface area contributed by atoms with Gasteiger partial charge in [-0.15, -0.1) is 5.10 Å². The van der Waals surface area contributed by atoms with Crippen LogP contribution in [0.5, 0.6) is 0 Å². The van der Waals surface area contributed by atoms with E-state index in [0.717, 1.165) is 31.2 Å². The van der Waals surface area contributed by atoms with E-state index in [0.29, 0.717) is 11.7 Å². The molecule has 0 spiro atoms. The quantitative estimate of drug-likeness (QED) is 0.622. The highest BCUT2D eigenvalue weighted by Crippen LogP contribution is 2.23. The smallest absolute Gasteiger partial charge is 0.343 e. The first-order valence-electron chi connectivity index (χ1n) is 9.24. The molecule has 6 nitrogen and oxygen atoms in total. The number of benzene rings is 1. The Morgan fingerprint density at radius 2 is 2.00 bits per heavy atom. The molecule has 1 aromatic carbocycles. The van der Waals surface area contributed by atoms with E-state index in [2.05, 4.69) is 29.4 Å². The summed E-state index contributed by atoms with van der Waals surface area (Å²) >= 11 is 1.31. The summed E-state index contributed by atoms with van der Waals surface area (Å²) in [5, 5.41) is 9.92. The number of thioether (sulfide) groups is 1. The zero-order valence-electron chi connectivity index (χ0n) is 15.7. The average Bonchev–Trinajstić information content (AvgIpc) is 2.99. The number of carbonyl (C=O) groups excluding carboxylic acids is 1. The van der Waals surface area contributed by atoms with E-state index in [1.165, 1.54) is 11.8 Å². The van der Waals surface area contributed by atoms with Gasteiger partial charge in [-0.1, -0.05) is 68.8 Å². The third-order valence-electron chi connectivity index (χ3n) is 4.21. The van der Waals surface area contributed by atoms with E-state index in [-0.39, 0.29) is 22.9 Å². The van der Waals surface area contributed by atoms with E-state index in [9.17, 15) is 9.59 Å². The molecule has 2 rings (SSSR count). The maximum atomic E-state index is 12.7. The normalized spacial score (nSPS) is 13.3. The number of H-pyrrole nitrogens is 1. The lowest BCUT2D eigenvalue weighted by Crippen LogP contribution is -2.34. The fraction of sp³-hybridized carbons (Fsp3) is 0.526. The van der Waals surface area contributed by atoms with Crippen molar-refractivity contribution in [3.05, 3.63) is 46.4 Å². The van der Waals surface area contributed by atoms with Gasteiger partial charge in [-0.3, -0.25) is 9.36 Å². The summed E-state index contributed by atoms with van der Waals surface area (Å²) in [4.78, 5) is 24.6. The maximum absolute atomic E-state index is 12.7. The Balaban J connectivity index is 2.03. The lowest BCUT2D eigenvalue weighted by atomic mass is 10.0. The molecular formula is C19H28N4O2S. The molecule has 1 heterocycles. The molecule has 0 aliphatic rings. The number of aromatic amines is 1. The second kappa shape index (κ2) is 10.2. The van der Waals surface area contributed by atoms with Gasteiger partial charge in [-0.2, -0.15) is 0 Å². The van der Waals surface area contributed by atoms with Crippen molar-refractivity contribution in [1.29, 1.82) is 0 Å². The van der Waals surface area contributed by atoms with Crippen molar-refractivity contribution >= 4 is 17.7 Å². The molecule has 0 saturated carbocycles. The summed E-state index contributed by atoms with van der Waals surface area (Å²) in [5.74, 6) is -0.0465. The minimum Gasteiger partial charge on any atom is -0.348 e. The van der Waals surface area contributed by atoms with Gasteiger partial charge in [0.15, 0.2) is 5.16 Å². The van der Waals surface area contributed by atoms with Gasteiger partial charge in [-0.25, -0.2) is 9.89 Å². The fourth-order valence-electron chi connectivity index (χ4n) is 2.70. The van der Waals surface area contributed by atoms with E-state index in [1.807, 2.05) is 37.3 Å². The summed E-state index contributed by atoms with van der Waals surface area (Å²) in [5.41, 5.74) is 0.890. The van der Waals surface area contributed by atoms with Gasteiger partial charge >= 0.3 is 5.69 Å². The van der Waals surface area contributed by atoms with Crippen molar-refractivity contribution in [3.8, 4) is 0 Å². The minimum atomic E-state index is -0.339. The van der Waals surface area contributed by atoms with Crippen LogP contribution in [0.2, 0.25) is 0 Å². The number of hydrogen-bond acceptors (Lipinski definition) is 4. The lowest BCUT2D eigenvalue weighted by molar-refractivity contribution is -0.121. The number of carbonyl (C=O) groups is 1. The Morgan fingerprint density at radius 1 is 1.27 bits per heavy atom. The fourth-order valence-corrected chi connectivity index (χ4v) is 3.59. The van der Waals surface area contributed by atoms with Gasteiger partial charge in [0.2, 0.25) is 5.91 Å². The molecule has 0 fully saturated rings. The van der Waals surface area contributed by atoms with Gasteiger partial charge in [0.1, 0.15) is 0 Å². The predicted molar refractivity (Wildman–Crippen MR) is 105 cm³/mol. The maximum Gasteiger partial charge on any atom is 0.343 e. The van der Waals surface area contributed by atoms with Crippen molar-refractivity contribution in [3.63, 3.8) is 0 Å². The first-order valence-corrected chi connectivity index (χ1v) is 10.1. The predicted octanol–water partition coefficient (Wildman–Crippen LogP) is 3.51. The first kappa shape index (κ1) is 20.3. The number of amides is 1. The highest BCUT2D eigenvalue weighted by atomic mass is 32.2. The van der Waals surface area contributed by atoms with Crippen LogP contribution in [0.3, 0.4) is 0 Å². The van der Waals surface area contributed by atoms with Crippen LogP contribution in [0.15, 0.2) is 40.3 Å². The highest BCUT2D eigenvalue weighted by Gasteiger charge is 2.22. The number of nitrogens with one attached hydrogen (secondary N) is 2. The van der Waals surface area contributed by atoms with Crippen molar-refractivity contribution in [2.45, 2.75) is 69.4 Å². The van der Waals surface area contributed by atoms with Crippen molar-refractivity contribution < 1.29 is 4.79 Å². The summed E-state index contributed by atoms with van der Waals surface area (Å²) in [6.07, 6.45) is 3.77. The summed E-state index contributed by atoms with van der Waals surface area (Å²) < 4.78 is 1.61. The molecule has 0 saturated heterocycles. The summed E-state index contributed by atoms with van der Waals surface area (Å²) in [6.45, 7) is 6.64. The second-order valence-electron chi connectivity index (χ2n) is 6.34. The molecular weight excluding hydrogens is 348 g/mol. The first-order chi connectivity index (χ1) is 12.6. The SMILES string of the molecule is CCCCn1c(S[C@H](C)C(=O)N[C@H](CCC)c2ccccc2)n[nH]c1=O. The van der Waals surface area contributed by atoms with Crippen LogP contribution in [-0.4, -0.2) is 25.9 Å². The van der Waals surface area contributed by atoms with Crippen LogP contribution in [-0.2, 0) is 11.3 Å². The molecule has 0 bridgehead atoms. The van der Waals surface area contributed by atoms with Gasteiger partial charge in [0.25, 0.3) is 0 Å². The largest absolute Gasteiger partial charge is 0.348 e. The van der Waals surface area contributed by atoms with Crippen LogP contribution in [0.4, 0.5) is 0 Å². The third kappa shape index (κ3) is 5.49. The molecule has 2 aromatic rings. The second-order valence-corrected chi connectivity index (χ2v) is 7.65. The van der Waals surface area contributed by atoms with Gasteiger partial charge in [0.05, 0.1) is 11.3 Å². The number of hydrogen-bond donors (Lipinski definition) is 2. The average molecular weight is 377 g/mol. The Morgan fingerprint density at radius 3 is 2.65 bits per heavy atom. The van der Waals surface area contributed by atoms with Crippen molar-refractivity contribution in [2.24, 2.45) is 0 Å². The Kier molecular flexibility index (Phi) is 7.97. The van der Waals surface area contributed by atoms with Crippen LogP contribution >= 0.6 is 11.8 Å². The van der Waals surface area contributed by atoms with E-state index >= 15 is 0 Å². The van der Waals surface area contributed by atoms with E-state index < -0.39 is 0 Å². The molecule has 0 aliphatic heterocycles. The van der Waals surface area contributed by atoms with Crippen molar-refractivity contribution in [2.75, 3.05) is 0 Å². The minimum absolute atomic E-state index is 0.00165. The van der Waals surface area contributed by atoms with Crippen LogP contribution in [0, 0.1) is 0 Å². The molecule has 7 heteroatoms. The number of unbranched alkanes of at least 4 members (excludes halogenated alkanes) is 1. The highest BCUT2D eigenvalue weighted by molar-refractivity contribution is 8.00. The molecule has 0 radical (unpaired) electrons. The zero-order valence-corrected chi connectivity index (χ0v) is 16.5. The number of rotatable bonds is 10. The van der Waals surface area contributed by atoms with Gasteiger partial charge < -0.3 is 5.32 Å². The Bertz CT molecular complexity index is 741. The Labute approximate surface area is 158 Å². The molecule has 2 atom stereocenters. The van der Waals surface area contributed by atoms with Crippen LogP contribution < -0.4 is 11.0 Å². The van der Waals surface area contributed by atoms with Crippen molar-refractivity contribution in [1.82, 2.24) is 20.1 Å². The van der Waals surface area contributed by atoms with Crippen LogP contribution in [0.1, 0.15) is 58.1 Å². The monoisotopic (exact) mass is 376 g/mol. The van der Waals surface area contributed by atoms with Gasteiger partial charge in [-0.05, 0) is 25.3 Å². The number of aromatic nitrogens is 3. The zero-order chi connectivity index (χ0) is 18.9. The topological polar surface area (TPSA) is 79.8 Å². The van der Waals surface area contributed by atoms with Gasteiger partial charge in [0, 0.05) is 6.54 Å². The summed E-state index contributed by atoms with van der Waals surface area (Å²) in [6, 6.07) is 10.0. The molecule has 1 amide bonds. The molecule has 26 heavy (non-hydrogen) atoms. The molecule has 1 aromatic heterocycles. The molecule has 2 N–H and O–H groups in total. The van der Waals surface area contributed by atoms with E-state index in [4.69, 9.17) is 0 Å². The third-order valence-corrected chi connectivity index (χ3v) is 5.30. The Hall–Kier alpha value is -2.02. The molecule has 142 valence electrons. The van der Waals surface area contributed by atoms with E-state index in [1.54, 1.807) is 4.57 Å². The standard InChI is InChI=1S/C19H28N4O2S/c1-4-6-13-23-18(25)21-22-19(23)26-14(3)17(24)20-16(10-5-2)15-11-8-7-9-12-15/h7-9,11-12,14,16H,4-6,10,13H2,1-3H3,(H,20,24)(H,21,25)/t14-,16-/m1/s1. The molecule has 0 aliphatic carbocycles. The van der Waals surface area contributed by atoms with Crippen LogP contribution in [0.25, 0.3) is 0 Å².